The van der Waals surface area contributed by atoms with E-state index in [0.717, 1.165) is 6.42 Å². The second kappa shape index (κ2) is 5.22. The quantitative estimate of drug-likeness (QED) is 0.777. The van der Waals surface area contributed by atoms with Crippen LogP contribution in [0.1, 0.15) is 25.7 Å². The fourth-order valence-electron chi connectivity index (χ4n) is 2.60. The zero-order chi connectivity index (χ0) is 12.4. The van der Waals surface area contributed by atoms with Gasteiger partial charge in [0, 0.05) is 19.6 Å². The third-order valence-electron chi connectivity index (χ3n) is 3.66. The lowest BCUT2D eigenvalue weighted by molar-refractivity contribution is -0.0778. The van der Waals surface area contributed by atoms with Gasteiger partial charge >= 0.3 is 0 Å². The smallest absolute Gasteiger partial charge is 0.153 e. The molecule has 2 atom stereocenters. The largest absolute Gasteiger partial charge is 0.378 e. The van der Waals surface area contributed by atoms with Gasteiger partial charge in [0.15, 0.2) is 9.84 Å². The average molecular weight is 263 g/mol. The SMILES string of the molecule is NCCCS(=O)(=O)C1CCOC2(CCOC2)C1. The zero-order valence-corrected chi connectivity index (χ0v) is 10.9. The summed E-state index contributed by atoms with van der Waals surface area (Å²) in [6, 6.07) is 0. The highest BCUT2D eigenvalue weighted by molar-refractivity contribution is 7.92. The van der Waals surface area contributed by atoms with Gasteiger partial charge in [-0.15, -0.1) is 0 Å². The maximum absolute atomic E-state index is 12.1. The number of hydrogen-bond acceptors (Lipinski definition) is 5. The van der Waals surface area contributed by atoms with Gasteiger partial charge in [0.2, 0.25) is 0 Å². The van der Waals surface area contributed by atoms with Gasteiger partial charge in [-0.3, -0.25) is 0 Å². The minimum absolute atomic E-state index is 0.200. The summed E-state index contributed by atoms with van der Waals surface area (Å²) in [7, 11) is -3.02. The van der Waals surface area contributed by atoms with Gasteiger partial charge < -0.3 is 15.2 Å². The Hall–Kier alpha value is -0.170. The van der Waals surface area contributed by atoms with Crippen LogP contribution in [0.4, 0.5) is 0 Å². The second-order valence-electron chi connectivity index (χ2n) is 4.96. The van der Waals surface area contributed by atoms with Crippen molar-refractivity contribution in [2.24, 2.45) is 5.73 Å². The van der Waals surface area contributed by atoms with Crippen LogP contribution in [0.3, 0.4) is 0 Å². The van der Waals surface area contributed by atoms with Crippen LogP contribution in [-0.4, -0.2) is 51.4 Å². The van der Waals surface area contributed by atoms with Crippen LogP contribution in [0.5, 0.6) is 0 Å². The first-order valence-corrected chi connectivity index (χ1v) is 7.93. The Bertz CT molecular complexity index is 348. The van der Waals surface area contributed by atoms with Crippen molar-refractivity contribution in [3.63, 3.8) is 0 Å². The van der Waals surface area contributed by atoms with Crippen LogP contribution in [0.15, 0.2) is 0 Å². The fourth-order valence-corrected chi connectivity index (χ4v) is 4.52. The Labute approximate surface area is 103 Å². The molecule has 2 unspecified atom stereocenters. The van der Waals surface area contributed by atoms with Crippen molar-refractivity contribution in [2.45, 2.75) is 36.5 Å². The van der Waals surface area contributed by atoms with E-state index in [0.29, 0.717) is 45.6 Å². The van der Waals surface area contributed by atoms with Crippen LogP contribution in [0.2, 0.25) is 0 Å². The van der Waals surface area contributed by atoms with E-state index in [4.69, 9.17) is 15.2 Å². The summed E-state index contributed by atoms with van der Waals surface area (Å²) >= 11 is 0. The molecule has 0 saturated carbocycles. The molecule has 6 heteroatoms. The molecule has 2 aliphatic heterocycles. The third kappa shape index (κ3) is 2.99. The molecule has 100 valence electrons. The molecule has 5 nitrogen and oxygen atoms in total. The van der Waals surface area contributed by atoms with E-state index in [-0.39, 0.29) is 16.6 Å². The molecule has 0 aromatic carbocycles. The van der Waals surface area contributed by atoms with Crippen LogP contribution in [0, 0.1) is 0 Å². The lowest BCUT2D eigenvalue weighted by atomic mass is 9.93. The molecule has 0 aliphatic carbocycles. The van der Waals surface area contributed by atoms with Gasteiger partial charge in [0.05, 0.1) is 23.2 Å². The predicted octanol–water partition coefficient (Wildman–Crippen LogP) is 0.0881. The van der Waals surface area contributed by atoms with E-state index in [2.05, 4.69) is 0 Å². The van der Waals surface area contributed by atoms with E-state index in [9.17, 15) is 8.42 Å². The molecule has 2 saturated heterocycles. The van der Waals surface area contributed by atoms with Crippen molar-refractivity contribution < 1.29 is 17.9 Å². The maximum atomic E-state index is 12.1. The predicted molar refractivity (Wildman–Crippen MR) is 64.6 cm³/mol. The summed E-state index contributed by atoms with van der Waals surface area (Å²) < 4.78 is 35.3. The Morgan fingerprint density at radius 1 is 1.35 bits per heavy atom. The molecule has 17 heavy (non-hydrogen) atoms. The Balaban J connectivity index is 2.01. The number of hydrogen-bond donors (Lipinski definition) is 1. The van der Waals surface area contributed by atoms with Gasteiger partial charge in [0.25, 0.3) is 0 Å². The molecule has 0 aromatic rings. The molecule has 2 rings (SSSR count). The average Bonchev–Trinajstić information content (AvgIpc) is 2.75. The molecule has 2 heterocycles. The zero-order valence-electron chi connectivity index (χ0n) is 10.1. The Morgan fingerprint density at radius 3 is 2.82 bits per heavy atom. The topological polar surface area (TPSA) is 78.6 Å². The number of sulfone groups is 1. The van der Waals surface area contributed by atoms with Gasteiger partial charge in [0.1, 0.15) is 0 Å². The summed E-state index contributed by atoms with van der Waals surface area (Å²) in [5.74, 6) is 0.200. The van der Waals surface area contributed by atoms with Gasteiger partial charge in [-0.1, -0.05) is 0 Å². The monoisotopic (exact) mass is 263 g/mol. The maximum Gasteiger partial charge on any atom is 0.153 e. The van der Waals surface area contributed by atoms with Crippen molar-refractivity contribution >= 4 is 9.84 Å². The standard InChI is InChI=1S/C11H21NO4S/c12-4-1-7-17(13,14)10-2-5-16-11(8-10)3-6-15-9-11/h10H,1-9,12H2. The first kappa shape index (κ1) is 13.3. The molecular weight excluding hydrogens is 242 g/mol. The Morgan fingerprint density at radius 2 is 2.18 bits per heavy atom. The number of rotatable bonds is 4. The summed E-state index contributed by atoms with van der Waals surface area (Å²) in [6.07, 6.45) is 2.55. The minimum atomic E-state index is -3.02. The molecule has 0 bridgehead atoms. The van der Waals surface area contributed by atoms with Crippen LogP contribution in [0.25, 0.3) is 0 Å². The van der Waals surface area contributed by atoms with E-state index in [1.165, 1.54) is 0 Å². The van der Waals surface area contributed by atoms with Crippen LogP contribution in [-0.2, 0) is 19.3 Å². The minimum Gasteiger partial charge on any atom is -0.378 e. The highest BCUT2D eigenvalue weighted by Gasteiger charge is 2.44. The van der Waals surface area contributed by atoms with E-state index >= 15 is 0 Å². The number of nitrogens with two attached hydrogens (primary N) is 1. The third-order valence-corrected chi connectivity index (χ3v) is 5.93. The normalized spacial score (nSPS) is 34.3. The van der Waals surface area contributed by atoms with Crippen molar-refractivity contribution in [2.75, 3.05) is 32.1 Å². The molecular formula is C11H21NO4S. The van der Waals surface area contributed by atoms with E-state index < -0.39 is 9.84 Å². The van der Waals surface area contributed by atoms with Crippen molar-refractivity contribution in [3.05, 3.63) is 0 Å². The highest BCUT2D eigenvalue weighted by Crippen LogP contribution is 2.35. The molecule has 2 aliphatic rings. The summed E-state index contributed by atoms with van der Waals surface area (Å²) in [5, 5.41) is -0.274. The van der Waals surface area contributed by atoms with Crippen LogP contribution < -0.4 is 5.73 Å². The molecule has 1 spiro atoms. The number of ether oxygens (including phenoxy) is 2. The summed E-state index contributed by atoms with van der Waals surface area (Å²) in [6.45, 7) is 2.16. The fraction of sp³-hybridized carbons (Fsp3) is 1.00. The molecule has 0 radical (unpaired) electrons. The lowest BCUT2D eigenvalue weighted by Gasteiger charge is -2.36. The summed E-state index contributed by atoms with van der Waals surface area (Å²) in [5.41, 5.74) is 5.04. The van der Waals surface area contributed by atoms with Crippen LogP contribution >= 0.6 is 0 Å². The van der Waals surface area contributed by atoms with E-state index in [1.807, 2.05) is 0 Å². The van der Waals surface area contributed by atoms with Gasteiger partial charge in [-0.05, 0) is 25.8 Å². The molecule has 0 aromatic heterocycles. The van der Waals surface area contributed by atoms with Crippen molar-refractivity contribution in [3.8, 4) is 0 Å². The molecule has 2 N–H and O–H groups in total. The Kier molecular flexibility index (Phi) is 4.07. The van der Waals surface area contributed by atoms with Crippen molar-refractivity contribution in [1.29, 1.82) is 0 Å². The van der Waals surface area contributed by atoms with E-state index in [1.54, 1.807) is 0 Å². The lowest BCUT2D eigenvalue weighted by Crippen LogP contribution is -2.45. The summed E-state index contributed by atoms with van der Waals surface area (Å²) in [4.78, 5) is 0. The molecule has 2 fully saturated rings. The molecule has 0 amide bonds. The van der Waals surface area contributed by atoms with Gasteiger partial charge in [-0.2, -0.15) is 0 Å². The second-order valence-corrected chi connectivity index (χ2v) is 7.36. The first-order valence-electron chi connectivity index (χ1n) is 6.21. The highest BCUT2D eigenvalue weighted by atomic mass is 32.2. The van der Waals surface area contributed by atoms with Gasteiger partial charge in [-0.25, -0.2) is 8.42 Å². The van der Waals surface area contributed by atoms with Crippen molar-refractivity contribution in [1.82, 2.24) is 0 Å². The first-order chi connectivity index (χ1) is 8.08.